The van der Waals surface area contributed by atoms with Crippen LogP contribution in [-0.4, -0.2) is 30.4 Å². The fraction of sp³-hybridized carbons (Fsp3) is 0.385. The lowest BCUT2D eigenvalue weighted by atomic mass is 10.1. The number of halogens is 2. The maximum Gasteiger partial charge on any atom is 0.318 e. The van der Waals surface area contributed by atoms with Crippen molar-refractivity contribution in [3.05, 3.63) is 33.8 Å². The number of primary amides is 1. The van der Waals surface area contributed by atoms with Gasteiger partial charge in [0.05, 0.1) is 0 Å². The summed E-state index contributed by atoms with van der Waals surface area (Å²) in [6.07, 6.45) is 0.176. The molecule has 20 heavy (non-hydrogen) atoms. The van der Waals surface area contributed by atoms with Gasteiger partial charge in [0.1, 0.15) is 0 Å². The number of rotatable bonds is 5. The van der Waals surface area contributed by atoms with E-state index in [9.17, 15) is 9.59 Å². The van der Waals surface area contributed by atoms with Crippen LogP contribution in [-0.2, 0) is 4.79 Å². The van der Waals surface area contributed by atoms with Gasteiger partial charge in [-0.25, -0.2) is 4.79 Å². The molecule has 0 heterocycles. The van der Waals surface area contributed by atoms with E-state index in [0.29, 0.717) is 16.6 Å². The van der Waals surface area contributed by atoms with Gasteiger partial charge in [0, 0.05) is 29.1 Å². The van der Waals surface area contributed by atoms with E-state index in [2.05, 4.69) is 0 Å². The molecule has 0 bridgehead atoms. The standard InChI is InChI=1S/C13H17Cl2N3O2/c1-8(10-4-3-9(14)7-11(10)15)18(2)6-5-12(19)17-13(16)20/h3-4,7-8H,5-6H2,1-2H3,(H3,16,17,19,20)/t8-/m1/s1. The Bertz CT molecular complexity index is 508. The Kier molecular flexibility index (Phi) is 6.26. The van der Waals surface area contributed by atoms with Crippen LogP contribution in [0.25, 0.3) is 0 Å². The van der Waals surface area contributed by atoms with Gasteiger partial charge in [0.15, 0.2) is 0 Å². The van der Waals surface area contributed by atoms with E-state index < -0.39 is 11.9 Å². The molecule has 0 saturated heterocycles. The van der Waals surface area contributed by atoms with Crippen LogP contribution >= 0.6 is 23.2 Å². The van der Waals surface area contributed by atoms with Crippen molar-refractivity contribution < 1.29 is 9.59 Å². The van der Waals surface area contributed by atoms with Crippen LogP contribution in [0.3, 0.4) is 0 Å². The van der Waals surface area contributed by atoms with Crippen molar-refractivity contribution >= 4 is 35.1 Å². The zero-order valence-corrected chi connectivity index (χ0v) is 12.8. The van der Waals surface area contributed by atoms with E-state index in [-0.39, 0.29) is 12.5 Å². The second-order valence-corrected chi connectivity index (χ2v) is 5.33. The molecule has 110 valence electrons. The minimum absolute atomic E-state index is 0.0149. The lowest BCUT2D eigenvalue weighted by Gasteiger charge is -2.25. The van der Waals surface area contributed by atoms with Gasteiger partial charge in [-0.3, -0.25) is 15.0 Å². The molecule has 1 atom stereocenters. The van der Waals surface area contributed by atoms with Crippen molar-refractivity contribution in [2.75, 3.05) is 13.6 Å². The molecule has 5 nitrogen and oxygen atoms in total. The number of hydrogen-bond acceptors (Lipinski definition) is 3. The third-order valence-electron chi connectivity index (χ3n) is 3.03. The molecule has 1 aromatic rings. The number of nitrogens with zero attached hydrogens (tertiary/aromatic N) is 1. The maximum atomic E-state index is 11.3. The van der Waals surface area contributed by atoms with E-state index in [0.717, 1.165) is 5.56 Å². The van der Waals surface area contributed by atoms with Crippen LogP contribution in [0.1, 0.15) is 24.9 Å². The molecular formula is C13H17Cl2N3O2. The van der Waals surface area contributed by atoms with Crippen molar-refractivity contribution in [1.82, 2.24) is 10.2 Å². The molecule has 0 aromatic heterocycles. The predicted molar refractivity (Wildman–Crippen MR) is 79.9 cm³/mol. The Hall–Kier alpha value is -1.30. The van der Waals surface area contributed by atoms with Gasteiger partial charge in [-0.1, -0.05) is 29.3 Å². The predicted octanol–water partition coefficient (Wildman–Crippen LogP) is 2.57. The van der Waals surface area contributed by atoms with Gasteiger partial charge < -0.3 is 5.73 Å². The van der Waals surface area contributed by atoms with Crippen molar-refractivity contribution in [3.63, 3.8) is 0 Å². The minimum Gasteiger partial charge on any atom is -0.351 e. The van der Waals surface area contributed by atoms with Crippen LogP contribution in [0.15, 0.2) is 18.2 Å². The summed E-state index contributed by atoms with van der Waals surface area (Å²) >= 11 is 12.0. The lowest BCUT2D eigenvalue weighted by Crippen LogP contribution is -2.37. The van der Waals surface area contributed by atoms with Crippen LogP contribution in [0.5, 0.6) is 0 Å². The second-order valence-electron chi connectivity index (χ2n) is 4.48. The molecule has 1 rings (SSSR count). The number of hydrogen-bond donors (Lipinski definition) is 2. The number of amides is 3. The van der Waals surface area contributed by atoms with Crippen molar-refractivity contribution in [2.45, 2.75) is 19.4 Å². The Balaban J connectivity index is 2.60. The van der Waals surface area contributed by atoms with Gasteiger partial charge >= 0.3 is 6.03 Å². The molecule has 0 unspecified atom stereocenters. The van der Waals surface area contributed by atoms with Gasteiger partial charge in [0.25, 0.3) is 0 Å². The summed E-state index contributed by atoms with van der Waals surface area (Å²) in [5.41, 5.74) is 5.80. The van der Waals surface area contributed by atoms with Crippen molar-refractivity contribution in [1.29, 1.82) is 0 Å². The Morgan fingerprint density at radius 3 is 2.60 bits per heavy atom. The number of carbonyl (C=O) groups is 2. The largest absolute Gasteiger partial charge is 0.351 e. The second kappa shape index (κ2) is 7.47. The summed E-state index contributed by atoms with van der Waals surface area (Å²) in [4.78, 5) is 23.8. The zero-order valence-electron chi connectivity index (χ0n) is 11.3. The quantitative estimate of drug-likeness (QED) is 0.876. The van der Waals surface area contributed by atoms with E-state index in [1.165, 1.54) is 0 Å². The molecule has 0 aliphatic rings. The average molecular weight is 318 g/mol. The molecule has 0 radical (unpaired) electrons. The van der Waals surface area contributed by atoms with Crippen LogP contribution in [0.4, 0.5) is 4.79 Å². The third-order valence-corrected chi connectivity index (χ3v) is 3.59. The molecule has 3 amide bonds. The number of benzene rings is 1. The van der Waals surface area contributed by atoms with Gasteiger partial charge in [-0.05, 0) is 31.7 Å². The monoisotopic (exact) mass is 317 g/mol. The number of nitrogens with two attached hydrogens (primary N) is 1. The summed E-state index contributed by atoms with van der Waals surface area (Å²) in [6, 6.07) is 4.48. The van der Waals surface area contributed by atoms with E-state index in [1.54, 1.807) is 12.1 Å². The Morgan fingerprint density at radius 2 is 2.05 bits per heavy atom. The Labute approximate surface area is 128 Å². The van der Waals surface area contributed by atoms with Crippen molar-refractivity contribution in [3.8, 4) is 0 Å². The molecule has 0 saturated carbocycles. The maximum absolute atomic E-state index is 11.3. The number of nitrogens with one attached hydrogen (secondary N) is 1. The summed E-state index contributed by atoms with van der Waals surface area (Å²) in [6.45, 7) is 2.44. The summed E-state index contributed by atoms with van der Waals surface area (Å²) in [5, 5.41) is 3.19. The van der Waals surface area contributed by atoms with Crippen LogP contribution in [0.2, 0.25) is 10.0 Å². The molecule has 1 aromatic carbocycles. The summed E-state index contributed by atoms with van der Waals surface area (Å²) in [5.74, 6) is -0.404. The minimum atomic E-state index is -0.841. The zero-order chi connectivity index (χ0) is 15.3. The van der Waals surface area contributed by atoms with Crippen molar-refractivity contribution in [2.24, 2.45) is 5.73 Å². The molecule has 0 fully saturated rings. The van der Waals surface area contributed by atoms with Gasteiger partial charge in [0.2, 0.25) is 5.91 Å². The highest BCUT2D eigenvalue weighted by Crippen LogP contribution is 2.28. The first-order chi connectivity index (χ1) is 9.31. The normalized spacial score (nSPS) is 12.2. The van der Waals surface area contributed by atoms with E-state index in [4.69, 9.17) is 28.9 Å². The fourth-order valence-electron chi connectivity index (χ4n) is 1.75. The van der Waals surface area contributed by atoms with E-state index >= 15 is 0 Å². The highest BCUT2D eigenvalue weighted by molar-refractivity contribution is 6.35. The first-order valence-corrected chi connectivity index (χ1v) is 6.81. The highest BCUT2D eigenvalue weighted by Gasteiger charge is 2.16. The first-order valence-electron chi connectivity index (χ1n) is 6.05. The topological polar surface area (TPSA) is 75.4 Å². The van der Waals surface area contributed by atoms with Gasteiger partial charge in [-0.2, -0.15) is 0 Å². The number of imide groups is 1. The number of carbonyl (C=O) groups excluding carboxylic acids is 2. The smallest absolute Gasteiger partial charge is 0.318 e. The van der Waals surface area contributed by atoms with Crippen LogP contribution in [0, 0.1) is 0 Å². The first kappa shape index (κ1) is 16.8. The highest BCUT2D eigenvalue weighted by atomic mass is 35.5. The Morgan fingerprint density at radius 1 is 1.40 bits per heavy atom. The third kappa shape index (κ3) is 5.00. The average Bonchev–Trinajstić information content (AvgIpc) is 2.34. The SMILES string of the molecule is C[C@H](c1ccc(Cl)cc1Cl)N(C)CCC(=O)NC(N)=O. The molecule has 7 heteroatoms. The molecule has 0 aliphatic carbocycles. The fourth-order valence-corrected chi connectivity index (χ4v) is 2.32. The molecular weight excluding hydrogens is 301 g/mol. The lowest BCUT2D eigenvalue weighted by molar-refractivity contribution is -0.120. The summed E-state index contributed by atoms with van der Waals surface area (Å²) in [7, 11) is 1.87. The summed E-state index contributed by atoms with van der Waals surface area (Å²) < 4.78 is 0. The molecule has 0 spiro atoms. The molecule has 0 aliphatic heterocycles. The number of urea groups is 1. The van der Waals surface area contributed by atoms with E-state index in [1.807, 2.05) is 30.3 Å². The van der Waals surface area contributed by atoms with Crippen LogP contribution < -0.4 is 11.1 Å². The molecule has 3 N–H and O–H groups in total. The van der Waals surface area contributed by atoms with Gasteiger partial charge in [-0.15, -0.1) is 0 Å².